The van der Waals surface area contributed by atoms with E-state index in [4.69, 9.17) is 5.73 Å². The summed E-state index contributed by atoms with van der Waals surface area (Å²) in [6.07, 6.45) is 0. The Morgan fingerprint density at radius 1 is 1.30 bits per heavy atom. The van der Waals surface area contributed by atoms with Gasteiger partial charge in [0.05, 0.1) is 18.6 Å². The molecule has 0 aliphatic rings. The Kier molecular flexibility index (Phi) is 4.57. The van der Waals surface area contributed by atoms with Crippen molar-refractivity contribution in [2.45, 2.75) is 17.6 Å². The van der Waals surface area contributed by atoms with E-state index >= 15 is 0 Å². The number of anilines is 1. The van der Waals surface area contributed by atoms with Crippen LogP contribution < -0.4 is 5.73 Å². The van der Waals surface area contributed by atoms with Gasteiger partial charge in [0.15, 0.2) is 0 Å². The van der Waals surface area contributed by atoms with E-state index in [1.54, 1.807) is 18.7 Å². The number of esters is 1. The maximum absolute atomic E-state index is 11.6. The number of aromatic nitrogens is 2. The fourth-order valence-corrected chi connectivity index (χ4v) is 2.51. The van der Waals surface area contributed by atoms with Crippen LogP contribution in [0.4, 0.5) is 5.82 Å². The van der Waals surface area contributed by atoms with E-state index in [9.17, 15) is 4.79 Å². The first-order valence-corrected chi connectivity index (χ1v) is 6.99. The van der Waals surface area contributed by atoms with Crippen molar-refractivity contribution in [1.82, 2.24) is 9.97 Å². The number of aryl methyl sites for hydroxylation is 1. The Morgan fingerprint density at radius 2 is 2.00 bits per heavy atom. The molecule has 20 heavy (non-hydrogen) atoms. The maximum Gasteiger partial charge on any atom is 0.343 e. The van der Waals surface area contributed by atoms with Crippen LogP contribution in [0, 0.1) is 6.92 Å². The number of carbonyl (C=O) groups excluding carboxylic acids is 1. The van der Waals surface area contributed by atoms with Crippen LogP contribution in [0.25, 0.3) is 0 Å². The van der Waals surface area contributed by atoms with Crippen LogP contribution in [0.5, 0.6) is 0 Å². The number of methoxy groups -OCH3 is 1. The zero-order chi connectivity index (χ0) is 14.5. The lowest BCUT2D eigenvalue weighted by Gasteiger charge is -2.08. The van der Waals surface area contributed by atoms with Gasteiger partial charge in [0.25, 0.3) is 0 Å². The van der Waals surface area contributed by atoms with Crippen molar-refractivity contribution in [2.24, 2.45) is 0 Å². The summed E-state index contributed by atoms with van der Waals surface area (Å²) in [4.78, 5) is 21.2. The van der Waals surface area contributed by atoms with Gasteiger partial charge in [-0.3, -0.25) is 0 Å². The lowest BCUT2D eigenvalue weighted by atomic mass is 10.2. The van der Waals surface area contributed by atoms with Crippen LogP contribution in [-0.4, -0.2) is 23.0 Å². The normalized spacial score (nSPS) is 10.3. The molecule has 2 aromatic rings. The largest absolute Gasteiger partial charge is 0.465 e. The zero-order valence-corrected chi connectivity index (χ0v) is 12.1. The summed E-state index contributed by atoms with van der Waals surface area (Å²) in [6.45, 7) is 1.72. The predicted octanol–water partition coefficient (Wildman–Crippen LogP) is 2.45. The molecule has 0 bridgehead atoms. The Bertz CT molecular complexity index is 594. The van der Waals surface area contributed by atoms with Gasteiger partial charge in [-0.1, -0.05) is 18.2 Å². The highest BCUT2D eigenvalue weighted by Gasteiger charge is 2.17. The molecule has 0 amide bonds. The molecule has 0 aliphatic carbocycles. The third-order valence-corrected chi connectivity index (χ3v) is 3.67. The first-order chi connectivity index (χ1) is 9.61. The minimum Gasteiger partial charge on any atom is -0.465 e. The molecule has 0 radical (unpaired) electrons. The number of ether oxygens (including phenoxy) is 1. The van der Waals surface area contributed by atoms with E-state index in [0.29, 0.717) is 17.3 Å². The molecule has 0 atom stereocenters. The van der Waals surface area contributed by atoms with Gasteiger partial charge in [-0.05, 0) is 19.1 Å². The molecule has 0 fully saturated rings. The Morgan fingerprint density at radius 3 is 2.60 bits per heavy atom. The van der Waals surface area contributed by atoms with Gasteiger partial charge < -0.3 is 10.5 Å². The minimum atomic E-state index is -0.512. The van der Waals surface area contributed by atoms with Crippen LogP contribution >= 0.6 is 11.8 Å². The molecule has 6 heteroatoms. The van der Waals surface area contributed by atoms with Crippen LogP contribution in [0.15, 0.2) is 35.2 Å². The molecule has 0 spiro atoms. The predicted molar refractivity (Wildman–Crippen MR) is 78.5 cm³/mol. The molecule has 0 saturated carbocycles. The van der Waals surface area contributed by atoms with E-state index in [2.05, 4.69) is 14.7 Å². The molecule has 2 N–H and O–H groups in total. The standard InChI is InChI=1S/C14H15N3O2S/c1-9-12(14(18)19-2)13(15)17-11(16-9)8-20-10-6-4-3-5-7-10/h3-7H,8H2,1-2H3,(H2,15,16,17). The van der Waals surface area contributed by atoms with E-state index in [1.807, 2.05) is 30.3 Å². The van der Waals surface area contributed by atoms with E-state index < -0.39 is 5.97 Å². The number of nitrogen functional groups attached to an aromatic ring is 1. The molecule has 1 aromatic carbocycles. The van der Waals surface area contributed by atoms with Gasteiger partial charge in [-0.15, -0.1) is 11.8 Å². The molecular weight excluding hydrogens is 274 g/mol. The van der Waals surface area contributed by atoms with Crippen molar-refractivity contribution in [3.8, 4) is 0 Å². The van der Waals surface area contributed by atoms with Crippen molar-refractivity contribution >= 4 is 23.5 Å². The number of rotatable bonds is 4. The third kappa shape index (κ3) is 3.27. The van der Waals surface area contributed by atoms with Gasteiger partial charge in [0, 0.05) is 4.90 Å². The summed E-state index contributed by atoms with van der Waals surface area (Å²) in [5, 5.41) is 0. The first kappa shape index (κ1) is 14.3. The molecule has 1 heterocycles. The minimum absolute atomic E-state index is 0.160. The lowest BCUT2D eigenvalue weighted by molar-refractivity contribution is 0.0600. The molecule has 0 saturated heterocycles. The summed E-state index contributed by atoms with van der Waals surface area (Å²) in [6, 6.07) is 9.95. The monoisotopic (exact) mass is 289 g/mol. The smallest absolute Gasteiger partial charge is 0.343 e. The van der Waals surface area contributed by atoms with E-state index in [0.717, 1.165) is 4.90 Å². The zero-order valence-electron chi connectivity index (χ0n) is 11.3. The van der Waals surface area contributed by atoms with Crippen LogP contribution in [0.1, 0.15) is 21.9 Å². The second-order valence-corrected chi connectivity index (χ2v) is 5.13. The number of carbonyl (C=O) groups is 1. The molecule has 1 aromatic heterocycles. The highest BCUT2D eigenvalue weighted by molar-refractivity contribution is 7.98. The van der Waals surface area contributed by atoms with Crippen molar-refractivity contribution in [3.63, 3.8) is 0 Å². The SMILES string of the molecule is COC(=O)c1c(C)nc(CSc2ccccc2)nc1N. The summed E-state index contributed by atoms with van der Waals surface area (Å²) in [5.41, 5.74) is 6.58. The van der Waals surface area contributed by atoms with Crippen molar-refractivity contribution in [3.05, 3.63) is 47.4 Å². The van der Waals surface area contributed by atoms with Crippen molar-refractivity contribution in [2.75, 3.05) is 12.8 Å². The summed E-state index contributed by atoms with van der Waals surface area (Å²) >= 11 is 1.61. The van der Waals surface area contributed by atoms with Crippen LogP contribution in [0.3, 0.4) is 0 Å². The second-order valence-electron chi connectivity index (χ2n) is 4.08. The average molecular weight is 289 g/mol. The van der Waals surface area contributed by atoms with Crippen molar-refractivity contribution < 1.29 is 9.53 Å². The molecule has 2 rings (SSSR count). The number of hydrogen-bond acceptors (Lipinski definition) is 6. The van der Waals surface area contributed by atoms with E-state index in [1.165, 1.54) is 7.11 Å². The van der Waals surface area contributed by atoms with Gasteiger partial charge in [0.1, 0.15) is 17.2 Å². The summed E-state index contributed by atoms with van der Waals surface area (Å²) in [5.74, 6) is 0.841. The highest BCUT2D eigenvalue weighted by atomic mass is 32.2. The van der Waals surface area contributed by atoms with E-state index in [-0.39, 0.29) is 11.4 Å². The quantitative estimate of drug-likeness (QED) is 0.688. The number of hydrogen-bond donors (Lipinski definition) is 1. The van der Waals surface area contributed by atoms with Gasteiger partial charge in [-0.25, -0.2) is 14.8 Å². The number of benzene rings is 1. The van der Waals surface area contributed by atoms with Crippen LogP contribution in [-0.2, 0) is 10.5 Å². The number of nitrogens with two attached hydrogens (primary N) is 1. The van der Waals surface area contributed by atoms with Crippen molar-refractivity contribution in [1.29, 1.82) is 0 Å². The third-order valence-electron chi connectivity index (χ3n) is 2.66. The van der Waals surface area contributed by atoms with Gasteiger partial charge >= 0.3 is 5.97 Å². The second kappa shape index (κ2) is 6.38. The molecule has 5 nitrogen and oxygen atoms in total. The van der Waals surface area contributed by atoms with Crippen LogP contribution in [0.2, 0.25) is 0 Å². The maximum atomic E-state index is 11.6. The van der Waals surface area contributed by atoms with Gasteiger partial charge in [0.2, 0.25) is 0 Å². The molecule has 0 unspecified atom stereocenters. The Labute approximate surface area is 121 Å². The first-order valence-electron chi connectivity index (χ1n) is 6.01. The fourth-order valence-electron chi connectivity index (χ4n) is 1.74. The molecular formula is C14H15N3O2S. The fraction of sp³-hybridized carbons (Fsp3) is 0.214. The lowest BCUT2D eigenvalue weighted by Crippen LogP contribution is -2.13. The molecule has 104 valence electrons. The summed E-state index contributed by atoms with van der Waals surface area (Å²) < 4.78 is 4.66. The highest BCUT2D eigenvalue weighted by Crippen LogP contribution is 2.22. The average Bonchev–Trinajstić information content (AvgIpc) is 2.45. The number of nitrogens with zero attached hydrogens (tertiary/aromatic N) is 2. The number of thioether (sulfide) groups is 1. The summed E-state index contributed by atoms with van der Waals surface area (Å²) in [7, 11) is 1.31. The molecule has 0 aliphatic heterocycles. The Balaban J connectivity index is 2.16. The Hall–Kier alpha value is -2.08. The topological polar surface area (TPSA) is 78.1 Å². The van der Waals surface area contributed by atoms with Gasteiger partial charge in [-0.2, -0.15) is 0 Å².